The van der Waals surface area contributed by atoms with Crippen LogP contribution >= 0.6 is 11.8 Å². The summed E-state index contributed by atoms with van der Waals surface area (Å²) in [6, 6.07) is 10.2. The van der Waals surface area contributed by atoms with E-state index in [1.165, 1.54) is 12.8 Å². The average Bonchev–Trinajstić information content (AvgIpc) is 2.89. The highest BCUT2D eigenvalue weighted by atomic mass is 32.2. The van der Waals surface area contributed by atoms with Gasteiger partial charge in [-0.2, -0.15) is 0 Å². The molecule has 0 spiro atoms. The van der Waals surface area contributed by atoms with E-state index >= 15 is 0 Å². The molecule has 0 bridgehead atoms. The van der Waals surface area contributed by atoms with Gasteiger partial charge in [0, 0.05) is 18.4 Å². The minimum absolute atomic E-state index is 0.666. The van der Waals surface area contributed by atoms with Crippen LogP contribution in [0, 0.1) is 0 Å². The lowest BCUT2D eigenvalue weighted by Crippen LogP contribution is -2.07. The second kappa shape index (κ2) is 8.07. The van der Waals surface area contributed by atoms with Crippen LogP contribution in [0.25, 0.3) is 11.4 Å². The van der Waals surface area contributed by atoms with Crippen molar-refractivity contribution in [1.29, 1.82) is 0 Å². The molecular formula is C15H21N3OS. The zero-order valence-electron chi connectivity index (χ0n) is 12.1. The molecule has 20 heavy (non-hydrogen) atoms. The third-order valence-electron chi connectivity index (χ3n) is 3.00. The Balaban J connectivity index is 2.22. The zero-order valence-corrected chi connectivity index (χ0v) is 12.9. The Morgan fingerprint density at radius 3 is 2.70 bits per heavy atom. The quantitative estimate of drug-likeness (QED) is 0.551. The normalized spacial score (nSPS) is 10.9. The molecule has 1 aromatic carbocycles. The maximum atomic E-state index is 5.20. The van der Waals surface area contributed by atoms with Crippen molar-refractivity contribution in [3.63, 3.8) is 0 Å². The van der Waals surface area contributed by atoms with Gasteiger partial charge in [-0.3, -0.25) is 4.57 Å². The maximum absolute atomic E-state index is 5.20. The Labute approximate surface area is 124 Å². The number of unbranched alkanes of at least 4 members (excludes halogenated alkanes) is 1. The van der Waals surface area contributed by atoms with Crippen LogP contribution in [0.15, 0.2) is 35.5 Å². The molecule has 0 aliphatic rings. The van der Waals surface area contributed by atoms with Crippen molar-refractivity contribution in [3.05, 3.63) is 30.3 Å². The van der Waals surface area contributed by atoms with E-state index in [0.717, 1.165) is 28.8 Å². The van der Waals surface area contributed by atoms with E-state index < -0.39 is 0 Å². The fourth-order valence-electron chi connectivity index (χ4n) is 1.89. The molecule has 0 fully saturated rings. The molecule has 0 atom stereocenters. The molecule has 5 heteroatoms. The van der Waals surface area contributed by atoms with E-state index in [9.17, 15) is 0 Å². The Morgan fingerprint density at radius 1 is 1.20 bits per heavy atom. The van der Waals surface area contributed by atoms with Crippen LogP contribution in [-0.2, 0) is 11.3 Å². The monoisotopic (exact) mass is 291 g/mol. The van der Waals surface area contributed by atoms with Gasteiger partial charge in [-0.05, 0) is 6.42 Å². The predicted octanol–water partition coefficient (Wildman–Crippen LogP) is 3.48. The predicted molar refractivity (Wildman–Crippen MR) is 83.0 cm³/mol. The molecule has 108 valence electrons. The number of benzene rings is 1. The lowest BCUT2D eigenvalue weighted by Gasteiger charge is -2.09. The summed E-state index contributed by atoms with van der Waals surface area (Å²) in [7, 11) is 1.72. The molecule has 1 heterocycles. The van der Waals surface area contributed by atoms with Gasteiger partial charge in [-0.1, -0.05) is 55.4 Å². The van der Waals surface area contributed by atoms with Crippen LogP contribution in [-0.4, -0.2) is 34.2 Å². The number of rotatable bonds is 8. The zero-order chi connectivity index (χ0) is 14.2. The summed E-state index contributed by atoms with van der Waals surface area (Å²) in [5.74, 6) is 2.00. The minimum Gasteiger partial charge on any atom is -0.383 e. The summed E-state index contributed by atoms with van der Waals surface area (Å²) in [5, 5.41) is 9.67. The molecule has 0 saturated carbocycles. The lowest BCUT2D eigenvalue weighted by atomic mass is 10.2. The Kier molecular flexibility index (Phi) is 6.08. The largest absolute Gasteiger partial charge is 0.383 e. The van der Waals surface area contributed by atoms with Gasteiger partial charge in [0.2, 0.25) is 0 Å². The minimum atomic E-state index is 0.666. The molecular weight excluding hydrogens is 270 g/mol. The van der Waals surface area contributed by atoms with E-state index in [1.807, 2.05) is 18.2 Å². The van der Waals surface area contributed by atoms with Gasteiger partial charge < -0.3 is 4.74 Å². The van der Waals surface area contributed by atoms with Crippen molar-refractivity contribution in [2.75, 3.05) is 19.5 Å². The second-order valence-electron chi connectivity index (χ2n) is 4.52. The van der Waals surface area contributed by atoms with Gasteiger partial charge in [0.15, 0.2) is 11.0 Å². The topological polar surface area (TPSA) is 39.9 Å². The maximum Gasteiger partial charge on any atom is 0.191 e. The number of hydrogen-bond acceptors (Lipinski definition) is 4. The highest BCUT2D eigenvalue weighted by molar-refractivity contribution is 7.99. The van der Waals surface area contributed by atoms with Crippen LogP contribution in [0.3, 0.4) is 0 Å². The molecule has 0 saturated heterocycles. The summed E-state index contributed by atoms with van der Waals surface area (Å²) >= 11 is 1.77. The number of nitrogens with zero attached hydrogens (tertiary/aromatic N) is 3. The Morgan fingerprint density at radius 2 is 2.00 bits per heavy atom. The van der Waals surface area contributed by atoms with Crippen molar-refractivity contribution in [3.8, 4) is 11.4 Å². The first-order chi connectivity index (χ1) is 9.86. The first-order valence-corrected chi connectivity index (χ1v) is 7.95. The molecule has 0 unspecified atom stereocenters. The smallest absolute Gasteiger partial charge is 0.191 e. The van der Waals surface area contributed by atoms with Gasteiger partial charge in [-0.25, -0.2) is 0 Å². The van der Waals surface area contributed by atoms with Gasteiger partial charge in [0.1, 0.15) is 0 Å². The van der Waals surface area contributed by atoms with Crippen LogP contribution in [0.5, 0.6) is 0 Å². The SMILES string of the molecule is CCCCSc1nnc(-c2ccccc2)n1CCOC. The van der Waals surface area contributed by atoms with Crippen LogP contribution in [0.4, 0.5) is 0 Å². The number of methoxy groups -OCH3 is 1. The molecule has 2 aromatic rings. The standard InChI is InChI=1S/C15H21N3OS/c1-3-4-12-20-15-17-16-14(18(15)10-11-19-2)13-8-6-5-7-9-13/h5-9H,3-4,10-12H2,1-2H3. The van der Waals surface area contributed by atoms with E-state index in [4.69, 9.17) is 4.74 Å². The molecule has 0 N–H and O–H groups in total. The lowest BCUT2D eigenvalue weighted by molar-refractivity contribution is 0.185. The van der Waals surface area contributed by atoms with E-state index in [0.29, 0.717) is 6.61 Å². The summed E-state index contributed by atoms with van der Waals surface area (Å²) in [4.78, 5) is 0. The molecule has 0 aliphatic carbocycles. The van der Waals surface area contributed by atoms with Gasteiger partial charge in [0.05, 0.1) is 13.2 Å². The van der Waals surface area contributed by atoms with E-state index in [1.54, 1.807) is 18.9 Å². The van der Waals surface area contributed by atoms with Gasteiger partial charge in [-0.15, -0.1) is 10.2 Å². The van der Waals surface area contributed by atoms with Crippen molar-refractivity contribution in [2.45, 2.75) is 31.5 Å². The number of aromatic nitrogens is 3. The van der Waals surface area contributed by atoms with Crippen molar-refractivity contribution in [1.82, 2.24) is 14.8 Å². The van der Waals surface area contributed by atoms with Crippen LogP contribution < -0.4 is 0 Å². The number of ether oxygens (including phenoxy) is 1. The highest BCUT2D eigenvalue weighted by Gasteiger charge is 2.13. The van der Waals surface area contributed by atoms with Crippen molar-refractivity contribution >= 4 is 11.8 Å². The van der Waals surface area contributed by atoms with E-state index in [2.05, 4.69) is 33.8 Å². The summed E-state index contributed by atoms with van der Waals surface area (Å²) in [5.41, 5.74) is 1.10. The first kappa shape index (κ1) is 15.1. The highest BCUT2D eigenvalue weighted by Crippen LogP contribution is 2.24. The molecule has 4 nitrogen and oxygen atoms in total. The third-order valence-corrected chi connectivity index (χ3v) is 4.05. The van der Waals surface area contributed by atoms with Crippen molar-refractivity contribution in [2.24, 2.45) is 0 Å². The van der Waals surface area contributed by atoms with E-state index in [-0.39, 0.29) is 0 Å². The Hall–Kier alpha value is -1.33. The van der Waals surface area contributed by atoms with Crippen molar-refractivity contribution < 1.29 is 4.74 Å². The molecule has 0 radical (unpaired) electrons. The summed E-state index contributed by atoms with van der Waals surface area (Å²) in [6.45, 7) is 3.65. The van der Waals surface area contributed by atoms with Gasteiger partial charge >= 0.3 is 0 Å². The Bertz CT molecular complexity index is 513. The first-order valence-electron chi connectivity index (χ1n) is 6.97. The van der Waals surface area contributed by atoms with Crippen LogP contribution in [0.1, 0.15) is 19.8 Å². The average molecular weight is 291 g/mol. The fraction of sp³-hybridized carbons (Fsp3) is 0.467. The van der Waals surface area contributed by atoms with Crippen LogP contribution in [0.2, 0.25) is 0 Å². The second-order valence-corrected chi connectivity index (χ2v) is 5.58. The van der Waals surface area contributed by atoms with Gasteiger partial charge in [0.25, 0.3) is 0 Å². The summed E-state index contributed by atoms with van der Waals surface area (Å²) < 4.78 is 7.35. The molecule has 0 amide bonds. The molecule has 1 aromatic heterocycles. The molecule has 0 aliphatic heterocycles. The molecule has 2 rings (SSSR count). The fourth-order valence-corrected chi connectivity index (χ4v) is 2.94. The summed E-state index contributed by atoms with van der Waals surface area (Å²) in [6.07, 6.45) is 2.40. The third kappa shape index (κ3) is 3.84. The number of hydrogen-bond donors (Lipinski definition) is 0. The number of thioether (sulfide) groups is 1.